The molecule has 0 aliphatic rings. The second-order valence-electron chi connectivity index (χ2n) is 3.86. The number of rotatable bonds is 4. The van der Waals surface area contributed by atoms with Crippen LogP contribution in [0.2, 0.25) is 5.02 Å². The van der Waals surface area contributed by atoms with E-state index in [-0.39, 0.29) is 5.75 Å². The minimum Gasteiger partial charge on any atom is -0.494 e. The molecule has 0 amide bonds. The second kappa shape index (κ2) is 5.97. The Balaban J connectivity index is 2.52. The van der Waals surface area contributed by atoms with Gasteiger partial charge in [-0.3, -0.25) is 10.8 Å². The normalized spacial score (nSPS) is 12.2. The van der Waals surface area contributed by atoms with Crippen molar-refractivity contribution in [3.05, 3.63) is 58.6 Å². The van der Waals surface area contributed by atoms with Gasteiger partial charge in [0, 0.05) is 18.0 Å². The summed E-state index contributed by atoms with van der Waals surface area (Å²) in [5.41, 5.74) is 3.56. The van der Waals surface area contributed by atoms with Crippen LogP contribution in [-0.2, 0) is 0 Å². The molecule has 3 N–H and O–H groups in total. The molecule has 1 unspecified atom stereocenters. The van der Waals surface area contributed by atoms with Crippen molar-refractivity contribution in [3.8, 4) is 5.75 Å². The van der Waals surface area contributed by atoms with Crippen LogP contribution in [0.15, 0.2) is 36.7 Å². The van der Waals surface area contributed by atoms with E-state index in [1.807, 2.05) is 0 Å². The summed E-state index contributed by atoms with van der Waals surface area (Å²) in [6.45, 7) is 0. The Morgan fingerprint density at radius 3 is 2.79 bits per heavy atom. The number of hydrazine groups is 1. The maximum atomic E-state index is 14.2. The van der Waals surface area contributed by atoms with Gasteiger partial charge in [0.15, 0.2) is 11.6 Å². The Labute approximate surface area is 115 Å². The summed E-state index contributed by atoms with van der Waals surface area (Å²) in [4.78, 5) is 3.89. The highest BCUT2D eigenvalue weighted by atomic mass is 35.5. The van der Waals surface area contributed by atoms with Crippen molar-refractivity contribution in [2.24, 2.45) is 5.84 Å². The Morgan fingerprint density at radius 2 is 2.16 bits per heavy atom. The zero-order valence-corrected chi connectivity index (χ0v) is 11.0. The molecule has 0 spiro atoms. The zero-order valence-electron chi connectivity index (χ0n) is 10.2. The molecule has 19 heavy (non-hydrogen) atoms. The van der Waals surface area contributed by atoms with Crippen LogP contribution in [0.5, 0.6) is 5.75 Å². The van der Waals surface area contributed by atoms with Crippen LogP contribution in [0.25, 0.3) is 0 Å². The van der Waals surface area contributed by atoms with Crippen molar-refractivity contribution in [1.82, 2.24) is 10.4 Å². The van der Waals surface area contributed by atoms with Gasteiger partial charge in [-0.2, -0.15) is 0 Å². The van der Waals surface area contributed by atoms with Gasteiger partial charge in [0.2, 0.25) is 0 Å². The number of nitrogens with two attached hydrogens (primary N) is 1. The third-order valence-corrected chi connectivity index (χ3v) is 3.12. The van der Waals surface area contributed by atoms with Crippen LogP contribution in [0, 0.1) is 5.82 Å². The van der Waals surface area contributed by atoms with Crippen molar-refractivity contribution in [1.29, 1.82) is 0 Å². The number of aromatic nitrogens is 1. The van der Waals surface area contributed by atoms with Gasteiger partial charge in [-0.05, 0) is 17.7 Å². The van der Waals surface area contributed by atoms with Crippen molar-refractivity contribution in [2.75, 3.05) is 7.11 Å². The summed E-state index contributed by atoms with van der Waals surface area (Å²) in [6.07, 6.45) is 3.06. The molecule has 1 atom stereocenters. The van der Waals surface area contributed by atoms with Crippen LogP contribution in [0.1, 0.15) is 17.2 Å². The van der Waals surface area contributed by atoms with Crippen LogP contribution in [0.4, 0.5) is 4.39 Å². The Kier molecular flexibility index (Phi) is 4.31. The lowest BCUT2D eigenvalue weighted by atomic mass is 9.99. The molecule has 2 aromatic rings. The number of benzene rings is 1. The number of methoxy groups -OCH3 is 1. The number of nitrogens with one attached hydrogen (secondary N) is 1. The fourth-order valence-corrected chi connectivity index (χ4v) is 2.10. The lowest BCUT2D eigenvalue weighted by Crippen LogP contribution is -2.29. The predicted molar refractivity (Wildman–Crippen MR) is 71.4 cm³/mol. The smallest absolute Gasteiger partial charge is 0.170 e. The summed E-state index contributed by atoms with van der Waals surface area (Å²) >= 11 is 6.06. The van der Waals surface area contributed by atoms with Crippen molar-refractivity contribution in [3.63, 3.8) is 0 Å². The van der Waals surface area contributed by atoms with Crippen LogP contribution >= 0.6 is 11.6 Å². The van der Waals surface area contributed by atoms with Crippen molar-refractivity contribution < 1.29 is 9.13 Å². The molecule has 1 heterocycles. The third-order valence-electron chi connectivity index (χ3n) is 2.81. The minimum atomic E-state index is -0.578. The molecule has 0 aliphatic heterocycles. The highest BCUT2D eigenvalue weighted by Crippen LogP contribution is 2.31. The van der Waals surface area contributed by atoms with Gasteiger partial charge in [0.25, 0.3) is 0 Å². The van der Waals surface area contributed by atoms with E-state index in [9.17, 15) is 4.39 Å². The molecule has 0 saturated heterocycles. The number of nitrogens with zero attached hydrogens (tertiary/aromatic N) is 1. The highest BCUT2D eigenvalue weighted by molar-refractivity contribution is 6.31. The SMILES string of the molecule is COc1cccc(C(NN)c2ccncc2Cl)c1F. The predicted octanol–water partition coefficient (Wildman–Crippen LogP) is 2.44. The van der Waals surface area contributed by atoms with Crippen LogP contribution in [-0.4, -0.2) is 12.1 Å². The van der Waals surface area contributed by atoms with E-state index in [4.69, 9.17) is 22.2 Å². The highest BCUT2D eigenvalue weighted by Gasteiger charge is 2.21. The fourth-order valence-electron chi connectivity index (χ4n) is 1.88. The quantitative estimate of drug-likeness (QED) is 0.667. The first kappa shape index (κ1) is 13.7. The van der Waals surface area contributed by atoms with Crippen LogP contribution < -0.4 is 16.0 Å². The summed E-state index contributed by atoms with van der Waals surface area (Å²) in [5.74, 6) is 5.21. The fraction of sp³-hybridized carbons (Fsp3) is 0.154. The molecular weight excluding hydrogens is 269 g/mol. The Bertz CT molecular complexity index is 580. The van der Waals surface area contributed by atoms with Gasteiger partial charge in [0.1, 0.15) is 0 Å². The molecule has 100 valence electrons. The van der Waals surface area contributed by atoms with E-state index in [0.29, 0.717) is 16.1 Å². The molecule has 4 nitrogen and oxygen atoms in total. The van der Waals surface area contributed by atoms with Gasteiger partial charge in [-0.25, -0.2) is 9.82 Å². The van der Waals surface area contributed by atoms with Crippen molar-refractivity contribution in [2.45, 2.75) is 6.04 Å². The molecule has 0 bridgehead atoms. The molecule has 0 saturated carbocycles. The summed E-state index contributed by atoms with van der Waals surface area (Å²) in [6, 6.07) is 5.97. The molecule has 1 aromatic carbocycles. The molecular formula is C13H13ClFN3O. The molecule has 0 aliphatic carbocycles. The zero-order chi connectivity index (χ0) is 13.8. The standard InChI is InChI=1S/C13H13ClFN3O/c1-19-11-4-2-3-9(12(11)15)13(18-16)8-5-6-17-7-10(8)14/h2-7,13,18H,16H2,1H3. The molecule has 6 heteroatoms. The first-order chi connectivity index (χ1) is 9.19. The van der Waals surface area contributed by atoms with Crippen molar-refractivity contribution >= 4 is 11.6 Å². The van der Waals surface area contributed by atoms with Gasteiger partial charge >= 0.3 is 0 Å². The topological polar surface area (TPSA) is 60.2 Å². The molecule has 1 aromatic heterocycles. The monoisotopic (exact) mass is 281 g/mol. The maximum Gasteiger partial charge on any atom is 0.170 e. The number of ether oxygens (including phenoxy) is 1. The second-order valence-corrected chi connectivity index (χ2v) is 4.27. The average molecular weight is 282 g/mol. The van der Waals surface area contributed by atoms with E-state index in [1.165, 1.54) is 13.3 Å². The third kappa shape index (κ3) is 2.68. The number of halogens is 2. The van der Waals surface area contributed by atoms with E-state index in [1.54, 1.807) is 30.5 Å². The van der Waals surface area contributed by atoms with E-state index >= 15 is 0 Å². The number of pyridine rings is 1. The average Bonchev–Trinajstić information content (AvgIpc) is 2.43. The lowest BCUT2D eigenvalue weighted by Gasteiger charge is -2.19. The summed E-state index contributed by atoms with van der Waals surface area (Å²) in [5, 5.41) is 0.410. The van der Waals surface area contributed by atoms with E-state index in [0.717, 1.165) is 0 Å². The lowest BCUT2D eigenvalue weighted by molar-refractivity contribution is 0.381. The summed E-state index contributed by atoms with van der Waals surface area (Å²) < 4.78 is 19.2. The van der Waals surface area contributed by atoms with Gasteiger partial charge in [0.05, 0.1) is 18.2 Å². The van der Waals surface area contributed by atoms with Gasteiger partial charge < -0.3 is 4.74 Å². The van der Waals surface area contributed by atoms with Gasteiger partial charge in [-0.15, -0.1) is 0 Å². The Morgan fingerprint density at radius 1 is 1.37 bits per heavy atom. The Hall–Kier alpha value is -1.69. The number of hydrogen-bond acceptors (Lipinski definition) is 4. The summed E-state index contributed by atoms with van der Waals surface area (Å²) in [7, 11) is 1.41. The van der Waals surface area contributed by atoms with Gasteiger partial charge in [-0.1, -0.05) is 23.7 Å². The molecule has 2 rings (SSSR count). The number of hydrogen-bond donors (Lipinski definition) is 2. The minimum absolute atomic E-state index is 0.155. The first-order valence-electron chi connectivity index (χ1n) is 5.57. The van der Waals surface area contributed by atoms with Crippen LogP contribution in [0.3, 0.4) is 0 Å². The first-order valence-corrected chi connectivity index (χ1v) is 5.94. The molecule has 0 fully saturated rings. The maximum absolute atomic E-state index is 14.2. The molecule has 0 radical (unpaired) electrons. The van der Waals surface area contributed by atoms with E-state index in [2.05, 4.69) is 10.4 Å². The largest absolute Gasteiger partial charge is 0.494 e. The van der Waals surface area contributed by atoms with E-state index < -0.39 is 11.9 Å².